The smallest absolute Gasteiger partial charge is 0.260 e. The molecule has 0 spiro atoms. The molecule has 0 fully saturated rings. The summed E-state index contributed by atoms with van der Waals surface area (Å²) in [7, 11) is 3.58. The molecule has 0 aliphatic carbocycles. The molecular formula is C15H17N3O. The number of aromatic nitrogens is 1. The zero-order valence-electron chi connectivity index (χ0n) is 11.3. The van der Waals surface area contributed by atoms with Gasteiger partial charge in [-0.15, -0.1) is 0 Å². The van der Waals surface area contributed by atoms with Crippen LogP contribution in [0.25, 0.3) is 0 Å². The molecule has 0 radical (unpaired) electrons. The monoisotopic (exact) mass is 255 g/mol. The Kier molecular flexibility index (Phi) is 3.80. The third-order valence-electron chi connectivity index (χ3n) is 3.03. The number of hydrogen-bond acceptors (Lipinski definition) is 3. The third kappa shape index (κ3) is 2.73. The first-order valence-corrected chi connectivity index (χ1v) is 6.10. The normalized spacial score (nSPS) is 10.1. The van der Waals surface area contributed by atoms with Crippen LogP contribution in [-0.4, -0.2) is 25.0 Å². The Labute approximate surface area is 113 Å². The second kappa shape index (κ2) is 5.52. The standard InChI is InChI=1S/C15H17N3O/c1-11-4-5-14(16-2)13(10-11)15(19)18(3)12-6-8-17-9-7-12/h4-10,16H,1-3H3. The van der Waals surface area contributed by atoms with Gasteiger partial charge in [-0.25, -0.2) is 0 Å². The van der Waals surface area contributed by atoms with Gasteiger partial charge in [-0.1, -0.05) is 11.6 Å². The molecule has 2 rings (SSSR count). The molecule has 1 aromatic heterocycles. The first-order valence-electron chi connectivity index (χ1n) is 6.10. The van der Waals surface area contributed by atoms with Crippen LogP contribution in [0.1, 0.15) is 15.9 Å². The molecule has 0 aliphatic rings. The Morgan fingerprint density at radius 2 is 1.89 bits per heavy atom. The third-order valence-corrected chi connectivity index (χ3v) is 3.03. The fraction of sp³-hybridized carbons (Fsp3) is 0.200. The predicted molar refractivity (Wildman–Crippen MR) is 77.7 cm³/mol. The fourth-order valence-electron chi connectivity index (χ4n) is 1.92. The Hall–Kier alpha value is -2.36. The lowest BCUT2D eigenvalue weighted by atomic mass is 10.1. The van der Waals surface area contributed by atoms with Crippen molar-refractivity contribution in [2.45, 2.75) is 6.92 Å². The van der Waals surface area contributed by atoms with E-state index in [9.17, 15) is 4.79 Å². The van der Waals surface area contributed by atoms with Crippen LogP contribution < -0.4 is 10.2 Å². The van der Waals surface area contributed by atoms with E-state index in [4.69, 9.17) is 0 Å². The maximum absolute atomic E-state index is 12.5. The van der Waals surface area contributed by atoms with E-state index >= 15 is 0 Å². The van der Waals surface area contributed by atoms with E-state index in [0.29, 0.717) is 5.56 Å². The van der Waals surface area contributed by atoms with Crippen LogP contribution in [0.15, 0.2) is 42.7 Å². The van der Waals surface area contributed by atoms with E-state index in [1.807, 2.05) is 44.3 Å². The second-order valence-corrected chi connectivity index (χ2v) is 4.37. The summed E-state index contributed by atoms with van der Waals surface area (Å²) in [5.41, 5.74) is 3.38. The second-order valence-electron chi connectivity index (χ2n) is 4.37. The maximum atomic E-state index is 12.5. The van der Waals surface area contributed by atoms with Crippen LogP contribution in [0, 0.1) is 6.92 Å². The van der Waals surface area contributed by atoms with Crippen molar-refractivity contribution in [1.82, 2.24) is 4.98 Å². The SMILES string of the molecule is CNc1ccc(C)cc1C(=O)N(C)c1ccncc1. The fourth-order valence-corrected chi connectivity index (χ4v) is 1.92. The molecule has 0 aliphatic heterocycles. The molecule has 1 aromatic carbocycles. The van der Waals surface area contributed by atoms with Gasteiger partial charge in [0, 0.05) is 37.9 Å². The van der Waals surface area contributed by atoms with Crippen molar-refractivity contribution >= 4 is 17.3 Å². The number of nitrogens with one attached hydrogen (secondary N) is 1. The zero-order chi connectivity index (χ0) is 13.8. The van der Waals surface area contributed by atoms with Crippen LogP contribution in [-0.2, 0) is 0 Å². The van der Waals surface area contributed by atoms with Crippen molar-refractivity contribution in [2.24, 2.45) is 0 Å². The van der Waals surface area contributed by atoms with Gasteiger partial charge in [0.2, 0.25) is 0 Å². The number of aryl methyl sites for hydroxylation is 1. The molecule has 98 valence electrons. The first-order chi connectivity index (χ1) is 9.13. The summed E-state index contributed by atoms with van der Waals surface area (Å²) in [4.78, 5) is 18.1. The molecule has 0 saturated carbocycles. The molecule has 1 amide bonds. The number of anilines is 2. The summed E-state index contributed by atoms with van der Waals surface area (Å²) < 4.78 is 0. The molecular weight excluding hydrogens is 238 g/mol. The Bertz CT molecular complexity index is 581. The molecule has 1 heterocycles. The predicted octanol–water partition coefficient (Wildman–Crippen LogP) is 2.71. The number of amides is 1. The van der Waals surface area contributed by atoms with E-state index in [2.05, 4.69) is 10.3 Å². The minimum atomic E-state index is -0.0424. The number of carbonyl (C=O) groups is 1. The lowest BCUT2D eigenvalue weighted by Crippen LogP contribution is -2.27. The summed E-state index contributed by atoms with van der Waals surface area (Å²) in [6.07, 6.45) is 3.35. The number of rotatable bonds is 3. The van der Waals surface area contributed by atoms with Crippen molar-refractivity contribution in [3.63, 3.8) is 0 Å². The molecule has 19 heavy (non-hydrogen) atoms. The van der Waals surface area contributed by atoms with Crippen molar-refractivity contribution in [1.29, 1.82) is 0 Å². The Morgan fingerprint density at radius 1 is 1.21 bits per heavy atom. The first kappa shape index (κ1) is 13.1. The number of nitrogens with zero attached hydrogens (tertiary/aromatic N) is 2. The summed E-state index contributed by atoms with van der Waals surface area (Å²) in [6, 6.07) is 9.42. The van der Waals surface area contributed by atoms with Crippen LogP contribution >= 0.6 is 0 Å². The van der Waals surface area contributed by atoms with Gasteiger partial charge in [-0.2, -0.15) is 0 Å². The van der Waals surface area contributed by atoms with Crippen molar-refractivity contribution < 1.29 is 4.79 Å². The van der Waals surface area contributed by atoms with Crippen molar-refractivity contribution in [3.05, 3.63) is 53.9 Å². The van der Waals surface area contributed by atoms with Gasteiger partial charge >= 0.3 is 0 Å². The number of benzene rings is 1. The van der Waals surface area contributed by atoms with Gasteiger partial charge in [-0.05, 0) is 31.2 Å². The average molecular weight is 255 g/mol. The van der Waals surface area contributed by atoms with Gasteiger partial charge in [-0.3, -0.25) is 9.78 Å². The summed E-state index contributed by atoms with van der Waals surface area (Å²) in [5.74, 6) is -0.0424. The van der Waals surface area contributed by atoms with E-state index < -0.39 is 0 Å². The van der Waals surface area contributed by atoms with E-state index in [0.717, 1.165) is 16.9 Å². The van der Waals surface area contributed by atoms with Gasteiger partial charge < -0.3 is 10.2 Å². The summed E-state index contributed by atoms with van der Waals surface area (Å²) in [6.45, 7) is 1.97. The lowest BCUT2D eigenvalue weighted by Gasteiger charge is -2.19. The number of carbonyl (C=O) groups excluding carboxylic acids is 1. The largest absolute Gasteiger partial charge is 0.387 e. The van der Waals surface area contributed by atoms with Crippen molar-refractivity contribution in [3.8, 4) is 0 Å². The minimum absolute atomic E-state index is 0.0424. The molecule has 2 aromatic rings. The summed E-state index contributed by atoms with van der Waals surface area (Å²) >= 11 is 0. The van der Waals surface area contributed by atoms with E-state index in [1.165, 1.54) is 0 Å². The number of pyridine rings is 1. The van der Waals surface area contributed by atoms with Crippen LogP contribution in [0.2, 0.25) is 0 Å². The molecule has 4 nitrogen and oxygen atoms in total. The summed E-state index contributed by atoms with van der Waals surface area (Å²) in [5, 5.41) is 3.05. The van der Waals surface area contributed by atoms with Gasteiger partial charge in [0.25, 0.3) is 5.91 Å². The van der Waals surface area contributed by atoms with Gasteiger partial charge in [0.1, 0.15) is 0 Å². The molecule has 0 atom stereocenters. The molecule has 0 saturated heterocycles. The Balaban J connectivity index is 2.37. The topological polar surface area (TPSA) is 45.2 Å². The average Bonchev–Trinajstić information content (AvgIpc) is 2.46. The van der Waals surface area contributed by atoms with E-state index in [1.54, 1.807) is 24.3 Å². The molecule has 1 N–H and O–H groups in total. The highest BCUT2D eigenvalue weighted by atomic mass is 16.2. The zero-order valence-corrected chi connectivity index (χ0v) is 11.3. The molecule has 0 bridgehead atoms. The highest BCUT2D eigenvalue weighted by molar-refractivity contribution is 6.09. The highest BCUT2D eigenvalue weighted by Gasteiger charge is 2.16. The van der Waals surface area contributed by atoms with E-state index in [-0.39, 0.29) is 5.91 Å². The Morgan fingerprint density at radius 3 is 2.53 bits per heavy atom. The van der Waals surface area contributed by atoms with Crippen molar-refractivity contribution in [2.75, 3.05) is 24.3 Å². The molecule has 4 heteroatoms. The van der Waals surface area contributed by atoms with Gasteiger partial charge in [0.05, 0.1) is 5.56 Å². The van der Waals surface area contributed by atoms with Crippen LogP contribution in [0.5, 0.6) is 0 Å². The maximum Gasteiger partial charge on any atom is 0.260 e. The minimum Gasteiger partial charge on any atom is -0.387 e. The lowest BCUT2D eigenvalue weighted by molar-refractivity contribution is 0.0993. The van der Waals surface area contributed by atoms with Crippen LogP contribution in [0.4, 0.5) is 11.4 Å². The van der Waals surface area contributed by atoms with Gasteiger partial charge in [0.15, 0.2) is 0 Å². The number of hydrogen-bond donors (Lipinski definition) is 1. The quantitative estimate of drug-likeness (QED) is 0.917. The van der Waals surface area contributed by atoms with Crippen LogP contribution in [0.3, 0.4) is 0 Å². The highest BCUT2D eigenvalue weighted by Crippen LogP contribution is 2.21. The molecule has 0 unspecified atom stereocenters.